The maximum absolute atomic E-state index is 6.23. The van der Waals surface area contributed by atoms with Crippen LogP contribution in [0.25, 0.3) is 0 Å². The lowest BCUT2D eigenvalue weighted by atomic mass is 9.83. The van der Waals surface area contributed by atoms with Gasteiger partial charge < -0.3 is 9.64 Å². The molecule has 0 N–H and O–H groups in total. The molecule has 3 heteroatoms. The summed E-state index contributed by atoms with van der Waals surface area (Å²) in [5, 5.41) is 0. The van der Waals surface area contributed by atoms with E-state index < -0.39 is 0 Å². The predicted octanol–water partition coefficient (Wildman–Crippen LogP) is 3.54. The molecule has 1 aliphatic carbocycles. The van der Waals surface area contributed by atoms with E-state index in [0.29, 0.717) is 12.0 Å². The number of ether oxygens (including phenoxy) is 1. The molecule has 1 saturated carbocycles. The molecule has 0 bridgehead atoms. The minimum atomic E-state index is 0.427. The average molecular weight is 290 g/mol. The standard InChI is InChI=1S/C18H30N2O/c1-3-20(4-2)13-14-21-18-11-6-5-9-16(18)15-17-10-7-8-12-19-17/h7-8,10,12,16,18H,3-6,9,11,13-15H2,1-2H3/t16-,18-/m0/s1. The average Bonchev–Trinajstić information content (AvgIpc) is 2.54. The Balaban J connectivity index is 1.81. The first kappa shape index (κ1) is 16.4. The molecule has 0 spiro atoms. The predicted molar refractivity (Wildman–Crippen MR) is 87.4 cm³/mol. The van der Waals surface area contributed by atoms with Crippen molar-refractivity contribution in [3.63, 3.8) is 0 Å². The fraction of sp³-hybridized carbons (Fsp3) is 0.722. The summed E-state index contributed by atoms with van der Waals surface area (Å²) in [6.07, 6.45) is 8.55. The van der Waals surface area contributed by atoms with E-state index in [2.05, 4.69) is 35.9 Å². The van der Waals surface area contributed by atoms with Crippen LogP contribution in [0.3, 0.4) is 0 Å². The van der Waals surface area contributed by atoms with Crippen LogP contribution in [-0.2, 0) is 11.2 Å². The lowest BCUT2D eigenvalue weighted by molar-refractivity contribution is -0.0185. The smallest absolute Gasteiger partial charge is 0.0607 e. The van der Waals surface area contributed by atoms with Crippen LogP contribution in [0, 0.1) is 5.92 Å². The van der Waals surface area contributed by atoms with Crippen LogP contribution in [0.4, 0.5) is 0 Å². The molecule has 1 aliphatic rings. The van der Waals surface area contributed by atoms with Gasteiger partial charge in [-0.15, -0.1) is 0 Å². The second kappa shape index (κ2) is 9.16. The highest BCUT2D eigenvalue weighted by atomic mass is 16.5. The van der Waals surface area contributed by atoms with E-state index in [1.165, 1.54) is 31.4 Å². The SMILES string of the molecule is CCN(CC)CCO[C@H]1CCCC[C@H]1Cc1ccccn1. The molecule has 2 atom stereocenters. The number of rotatable bonds is 8. The van der Waals surface area contributed by atoms with Gasteiger partial charge >= 0.3 is 0 Å². The van der Waals surface area contributed by atoms with Crippen molar-refractivity contribution in [1.29, 1.82) is 0 Å². The minimum absolute atomic E-state index is 0.427. The molecule has 0 saturated heterocycles. The highest BCUT2D eigenvalue weighted by Gasteiger charge is 2.26. The van der Waals surface area contributed by atoms with Gasteiger partial charge in [0.2, 0.25) is 0 Å². The summed E-state index contributed by atoms with van der Waals surface area (Å²) < 4.78 is 6.23. The molecule has 0 aliphatic heterocycles. The summed E-state index contributed by atoms with van der Waals surface area (Å²) in [7, 11) is 0. The fourth-order valence-corrected chi connectivity index (χ4v) is 3.29. The Kier molecular flexibility index (Phi) is 7.17. The summed E-state index contributed by atoms with van der Waals surface area (Å²) in [5.41, 5.74) is 1.21. The molecule has 1 aromatic heterocycles. The van der Waals surface area contributed by atoms with E-state index in [-0.39, 0.29) is 0 Å². The second-order valence-electron chi connectivity index (χ2n) is 6.01. The second-order valence-corrected chi connectivity index (χ2v) is 6.01. The molecule has 118 valence electrons. The Labute approximate surface area is 129 Å². The van der Waals surface area contributed by atoms with E-state index in [9.17, 15) is 0 Å². The van der Waals surface area contributed by atoms with E-state index in [0.717, 1.165) is 32.7 Å². The Morgan fingerprint density at radius 1 is 1.19 bits per heavy atom. The van der Waals surface area contributed by atoms with Crippen molar-refractivity contribution in [2.24, 2.45) is 5.92 Å². The lowest BCUT2D eigenvalue weighted by Gasteiger charge is -2.32. The Bertz CT molecular complexity index is 378. The number of pyridine rings is 1. The number of aromatic nitrogens is 1. The summed E-state index contributed by atoms with van der Waals surface area (Å²) >= 11 is 0. The molecule has 3 nitrogen and oxygen atoms in total. The van der Waals surface area contributed by atoms with Crippen molar-refractivity contribution in [1.82, 2.24) is 9.88 Å². The topological polar surface area (TPSA) is 25.4 Å². The third kappa shape index (κ3) is 5.40. The highest BCUT2D eigenvalue weighted by Crippen LogP contribution is 2.29. The summed E-state index contributed by atoms with van der Waals surface area (Å²) in [5.74, 6) is 0.644. The van der Waals surface area contributed by atoms with Gasteiger partial charge in [0.25, 0.3) is 0 Å². The van der Waals surface area contributed by atoms with Gasteiger partial charge in [0, 0.05) is 18.4 Å². The normalized spacial score (nSPS) is 22.6. The van der Waals surface area contributed by atoms with Crippen molar-refractivity contribution >= 4 is 0 Å². The van der Waals surface area contributed by atoms with E-state index in [1.54, 1.807) is 0 Å². The quantitative estimate of drug-likeness (QED) is 0.732. The fourth-order valence-electron chi connectivity index (χ4n) is 3.29. The maximum Gasteiger partial charge on any atom is 0.0607 e. The number of likely N-dealkylation sites (N-methyl/N-ethyl adjacent to an activating group) is 1. The van der Waals surface area contributed by atoms with Crippen LogP contribution in [0.5, 0.6) is 0 Å². The first-order valence-corrected chi connectivity index (χ1v) is 8.57. The zero-order chi connectivity index (χ0) is 14.9. The maximum atomic E-state index is 6.23. The molecule has 1 aromatic rings. The van der Waals surface area contributed by atoms with Crippen molar-refractivity contribution in [2.75, 3.05) is 26.2 Å². The lowest BCUT2D eigenvalue weighted by Crippen LogP contribution is -2.33. The van der Waals surface area contributed by atoms with Gasteiger partial charge in [-0.2, -0.15) is 0 Å². The third-order valence-corrected chi connectivity index (χ3v) is 4.67. The Morgan fingerprint density at radius 3 is 2.71 bits per heavy atom. The van der Waals surface area contributed by atoms with E-state index >= 15 is 0 Å². The van der Waals surface area contributed by atoms with Gasteiger partial charge in [-0.3, -0.25) is 4.98 Å². The van der Waals surface area contributed by atoms with Crippen LogP contribution in [-0.4, -0.2) is 42.2 Å². The van der Waals surface area contributed by atoms with E-state index in [4.69, 9.17) is 4.74 Å². The minimum Gasteiger partial charge on any atom is -0.377 e. The molecule has 0 aromatic carbocycles. The molecule has 0 amide bonds. The first-order chi connectivity index (χ1) is 10.3. The largest absolute Gasteiger partial charge is 0.377 e. The molecular formula is C18H30N2O. The van der Waals surface area contributed by atoms with Crippen molar-refractivity contribution < 1.29 is 4.74 Å². The van der Waals surface area contributed by atoms with Crippen LogP contribution in [0.15, 0.2) is 24.4 Å². The van der Waals surface area contributed by atoms with Crippen LogP contribution in [0.2, 0.25) is 0 Å². The van der Waals surface area contributed by atoms with E-state index in [1.807, 2.05) is 12.3 Å². The molecule has 1 fully saturated rings. The van der Waals surface area contributed by atoms with Gasteiger partial charge in [0.05, 0.1) is 12.7 Å². The zero-order valence-electron chi connectivity index (χ0n) is 13.6. The number of nitrogens with zero attached hydrogens (tertiary/aromatic N) is 2. The third-order valence-electron chi connectivity index (χ3n) is 4.67. The highest BCUT2D eigenvalue weighted by molar-refractivity contribution is 5.05. The van der Waals surface area contributed by atoms with Crippen LogP contribution in [0.1, 0.15) is 45.2 Å². The summed E-state index contributed by atoms with van der Waals surface area (Å²) in [4.78, 5) is 6.91. The van der Waals surface area contributed by atoms with Crippen molar-refractivity contribution in [3.05, 3.63) is 30.1 Å². The summed E-state index contributed by atoms with van der Waals surface area (Å²) in [6.45, 7) is 8.58. The molecule has 2 rings (SSSR count). The van der Waals surface area contributed by atoms with Crippen LogP contribution >= 0.6 is 0 Å². The van der Waals surface area contributed by atoms with Gasteiger partial charge in [-0.05, 0) is 50.4 Å². The monoisotopic (exact) mass is 290 g/mol. The van der Waals surface area contributed by atoms with Crippen molar-refractivity contribution in [3.8, 4) is 0 Å². The molecule has 0 unspecified atom stereocenters. The molecule has 0 radical (unpaired) electrons. The number of hydrogen-bond acceptors (Lipinski definition) is 3. The molecular weight excluding hydrogens is 260 g/mol. The molecule has 21 heavy (non-hydrogen) atoms. The van der Waals surface area contributed by atoms with Gasteiger partial charge in [-0.25, -0.2) is 0 Å². The Morgan fingerprint density at radius 2 is 2.00 bits per heavy atom. The number of hydrogen-bond donors (Lipinski definition) is 0. The van der Waals surface area contributed by atoms with Gasteiger partial charge in [-0.1, -0.05) is 32.8 Å². The van der Waals surface area contributed by atoms with Gasteiger partial charge in [0.1, 0.15) is 0 Å². The first-order valence-electron chi connectivity index (χ1n) is 8.57. The van der Waals surface area contributed by atoms with Gasteiger partial charge in [0.15, 0.2) is 0 Å². The molecule has 1 heterocycles. The zero-order valence-corrected chi connectivity index (χ0v) is 13.6. The van der Waals surface area contributed by atoms with Crippen LogP contribution < -0.4 is 0 Å². The Hall–Kier alpha value is -0.930. The van der Waals surface area contributed by atoms with Crippen molar-refractivity contribution in [2.45, 2.75) is 52.1 Å². The summed E-state index contributed by atoms with van der Waals surface area (Å²) in [6, 6.07) is 6.21.